The Bertz CT molecular complexity index is 361. The molecule has 0 aromatic carbocycles. The third-order valence-electron chi connectivity index (χ3n) is 3.03. The Labute approximate surface area is 115 Å². The Hall–Kier alpha value is 0.0600. The van der Waals surface area contributed by atoms with Crippen molar-refractivity contribution in [1.82, 2.24) is 4.90 Å². The van der Waals surface area contributed by atoms with Gasteiger partial charge in [0.2, 0.25) is 0 Å². The average molecular weight is 319 g/mol. The largest absolute Gasteiger partial charge is 0.373 e. The van der Waals surface area contributed by atoms with E-state index in [1.165, 1.54) is 4.88 Å². The topological polar surface area (TPSA) is 38.5 Å². The second-order valence-electron chi connectivity index (χ2n) is 4.63. The molecule has 1 aromatic rings. The quantitative estimate of drug-likeness (QED) is 0.931. The fraction of sp³-hybridized carbons (Fsp3) is 0.667. The number of hydrogen-bond donors (Lipinski definition) is 1. The summed E-state index contributed by atoms with van der Waals surface area (Å²) in [6, 6.07) is 2.49. The predicted molar refractivity (Wildman–Crippen MR) is 75.4 cm³/mol. The fourth-order valence-electron chi connectivity index (χ4n) is 2.42. The maximum atomic E-state index is 5.94. The molecule has 96 valence electrons. The molecule has 0 amide bonds. The first-order valence-electron chi connectivity index (χ1n) is 5.93. The van der Waals surface area contributed by atoms with E-state index in [4.69, 9.17) is 10.5 Å². The molecule has 2 heterocycles. The first kappa shape index (κ1) is 13.5. The Morgan fingerprint density at radius 2 is 2.18 bits per heavy atom. The zero-order valence-electron chi connectivity index (χ0n) is 10.2. The molecule has 0 aliphatic carbocycles. The van der Waals surface area contributed by atoms with Crippen molar-refractivity contribution >= 4 is 27.3 Å². The van der Waals surface area contributed by atoms with Gasteiger partial charge in [-0.15, -0.1) is 11.3 Å². The van der Waals surface area contributed by atoms with Crippen molar-refractivity contribution in [3.63, 3.8) is 0 Å². The molecule has 0 bridgehead atoms. The summed E-state index contributed by atoms with van der Waals surface area (Å²) in [7, 11) is 0. The van der Waals surface area contributed by atoms with Crippen LogP contribution >= 0.6 is 27.3 Å². The number of halogens is 1. The Morgan fingerprint density at radius 3 is 2.65 bits per heavy atom. The summed E-state index contributed by atoms with van der Waals surface area (Å²) in [4.78, 5) is 3.78. The second-order valence-corrected chi connectivity index (χ2v) is 6.49. The van der Waals surface area contributed by atoms with E-state index in [2.05, 4.69) is 46.1 Å². The van der Waals surface area contributed by atoms with Crippen LogP contribution in [0.25, 0.3) is 0 Å². The molecule has 0 radical (unpaired) electrons. The van der Waals surface area contributed by atoms with Crippen LogP contribution < -0.4 is 5.73 Å². The highest BCUT2D eigenvalue weighted by Crippen LogP contribution is 2.30. The van der Waals surface area contributed by atoms with Crippen molar-refractivity contribution in [2.45, 2.75) is 32.1 Å². The van der Waals surface area contributed by atoms with Gasteiger partial charge in [0, 0.05) is 34.4 Å². The van der Waals surface area contributed by atoms with E-state index in [9.17, 15) is 0 Å². The molecule has 3 nitrogen and oxygen atoms in total. The van der Waals surface area contributed by atoms with E-state index in [-0.39, 0.29) is 12.2 Å². The Kier molecular flexibility index (Phi) is 4.60. The number of morpholine rings is 1. The average Bonchev–Trinajstić information content (AvgIpc) is 2.64. The van der Waals surface area contributed by atoms with Gasteiger partial charge in [0.15, 0.2) is 0 Å². The third-order valence-corrected chi connectivity index (χ3v) is 4.82. The minimum absolute atomic E-state index is 0.288. The number of nitrogens with two attached hydrogens (primary N) is 1. The van der Waals surface area contributed by atoms with Crippen molar-refractivity contribution in [3.05, 3.63) is 20.8 Å². The lowest BCUT2D eigenvalue weighted by Crippen LogP contribution is -2.48. The molecule has 2 rings (SSSR count). The van der Waals surface area contributed by atoms with Gasteiger partial charge in [-0.3, -0.25) is 4.90 Å². The van der Waals surface area contributed by atoms with Crippen molar-refractivity contribution in [2.75, 3.05) is 19.6 Å². The van der Waals surface area contributed by atoms with Gasteiger partial charge in [0.05, 0.1) is 18.2 Å². The highest BCUT2D eigenvalue weighted by molar-refractivity contribution is 9.10. The summed E-state index contributed by atoms with van der Waals surface area (Å²) in [6.07, 6.45) is 0.576. The highest BCUT2D eigenvalue weighted by Gasteiger charge is 2.28. The molecule has 0 saturated carbocycles. The molecule has 5 heteroatoms. The van der Waals surface area contributed by atoms with Gasteiger partial charge in [-0.1, -0.05) is 0 Å². The lowest BCUT2D eigenvalue weighted by Gasteiger charge is -2.39. The molecule has 0 spiro atoms. The van der Waals surface area contributed by atoms with Crippen LogP contribution in [0.5, 0.6) is 0 Å². The van der Waals surface area contributed by atoms with E-state index in [0.29, 0.717) is 12.6 Å². The van der Waals surface area contributed by atoms with Gasteiger partial charge in [0.1, 0.15) is 0 Å². The molecule has 17 heavy (non-hydrogen) atoms. The highest BCUT2D eigenvalue weighted by atomic mass is 79.9. The van der Waals surface area contributed by atoms with Gasteiger partial charge in [-0.25, -0.2) is 0 Å². The minimum Gasteiger partial charge on any atom is -0.373 e. The Balaban J connectivity index is 2.12. The minimum atomic E-state index is 0.288. The summed E-state index contributed by atoms with van der Waals surface area (Å²) in [6.45, 7) is 6.83. The summed E-state index contributed by atoms with van der Waals surface area (Å²) in [5, 5.41) is 2.12. The normalized spacial score (nSPS) is 28.2. The van der Waals surface area contributed by atoms with Crippen LogP contribution in [0.2, 0.25) is 0 Å². The molecule has 3 unspecified atom stereocenters. The first-order chi connectivity index (χ1) is 8.10. The van der Waals surface area contributed by atoms with E-state index in [1.807, 2.05) is 0 Å². The number of ether oxygens (including phenoxy) is 1. The molecule has 1 aliphatic rings. The number of hydrogen-bond acceptors (Lipinski definition) is 4. The summed E-state index contributed by atoms with van der Waals surface area (Å²) in [5.41, 5.74) is 5.94. The van der Waals surface area contributed by atoms with Gasteiger partial charge >= 0.3 is 0 Å². The van der Waals surface area contributed by atoms with Crippen LogP contribution in [0.3, 0.4) is 0 Å². The van der Waals surface area contributed by atoms with E-state index >= 15 is 0 Å². The molecule has 1 saturated heterocycles. The fourth-order valence-corrected chi connectivity index (χ4v) is 4.01. The monoisotopic (exact) mass is 318 g/mol. The molecule has 1 aromatic heterocycles. The van der Waals surface area contributed by atoms with Crippen LogP contribution in [-0.2, 0) is 4.74 Å². The third kappa shape index (κ3) is 3.29. The molecule has 1 aliphatic heterocycles. The van der Waals surface area contributed by atoms with Crippen LogP contribution in [0.15, 0.2) is 15.9 Å². The molecule has 3 atom stereocenters. The zero-order chi connectivity index (χ0) is 12.4. The Morgan fingerprint density at radius 1 is 1.53 bits per heavy atom. The molecule has 2 N–H and O–H groups in total. The van der Waals surface area contributed by atoms with Crippen LogP contribution in [-0.4, -0.2) is 36.7 Å². The smallest absolute Gasteiger partial charge is 0.0678 e. The number of thiophene rings is 1. The lowest BCUT2D eigenvalue weighted by molar-refractivity contribution is -0.0795. The van der Waals surface area contributed by atoms with Gasteiger partial charge in [0.25, 0.3) is 0 Å². The molecular formula is C12H19BrN2OS. The molecular weight excluding hydrogens is 300 g/mol. The van der Waals surface area contributed by atoms with E-state index < -0.39 is 0 Å². The summed E-state index contributed by atoms with van der Waals surface area (Å²) < 4.78 is 6.91. The maximum absolute atomic E-state index is 5.94. The standard InChI is InChI=1S/C12H19BrN2OS/c1-8-5-15(6-9(2)16-8)11(4-14)12-3-10(13)7-17-12/h3,7-9,11H,4-6,14H2,1-2H3. The van der Waals surface area contributed by atoms with Gasteiger partial charge in [-0.05, 0) is 35.8 Å². The van der Waals surface area contributed by atoms with E-state index in [0.717, 1.165) is 17.6 Å². The number of nitrogens with zero attached hydrogens (tertiary/aromatic N) is 1. The van der Waals surface area contributed by atoms with Crippen molar-refractivity contribution in [2.24, 2.45) is 5.73 Å². The van der Waals surface area contributed by atoms with Crippen LogP contribution in [0.4, 0.5) is 0 Å². The number of rotatable bonds is 3. The molecule has 1 fully saturated rings. The SMILES string of the molecule is CC1CN(C(CN)c2cc(Br)cs2)CC(C)O1. The van der Waals surface area contributed by atoms with Crippen molar-refractivity contribution in [3.8, 4) is 0 Å². The van der Waals surface area contributed by atoms with E-state index in [1.54, 1.807) is 11.3 Å². The van der Waals surface area contributed by atoms with Gasteiger partial charge in [-0.2, -0.15) is 0 Å². The summed E-state index contributed by atoms with van der Waals surface area (Å²) >= 11 is 5.27. The zero-order valence-corrected chi connectivity index (χ0v) is 12.6. The lowest BCUT2D eigenvalue weighted by atomic mass is 10.1. The van der Waals surface area contributed by atoms with Crippen LogP contribution in [0, 0.1) is 0 Å². The summed E-state index contributed by atoms with van der Waals surface area (Å²) in [5.74, 6) is 0. The van der Waals surface area contributed by atoms with Gasteiger partial charge < -0.3 is 10.5 Å². The van der Waals surface area contributed by atoms with Crippen molar-refractivity contribution < 1.29 is 4.74 Å². The van der Waals surface area contributed by atoms with Crippen LogP contribution in [0.1, 0.15) is 24.8 Å². The maximum Gasteiger partial charge on any atom is 0.0678 e. The van der Waals surface area contributed by atoms with Crippen molar-refractivity contribution in [1.29, 1.82) is 0 Å². The predicted octanol–water partition coefficient (Wildman–Crippen LogP) is 2.62. The first-order valence-corrected chi connectivity index (χ1v) is 7.61. The second kappa shape index (κ2) is 5.80.